The minimum atomic E-state index is 0.00870. The van der Waals surface area contributed by atoms with Crippen LogP contribution in [0.1, 0.15) is 51.6 Å². The minimum Gasteiger partial charge on any atom is -0.393 e. The highest BCUT2D eigenvalue weighted by Crippen LogP contribution is 2.42. The normalized spacial score (nSPS) is 15.8. The average Bonchev–Trinajstić information content (AvgIpc) is 3.07. The molecular formula is C13H23N3O. The van der Waals surface area contributed by atoms with Gasteiger partial charge >= 0.3 is 0 Å². The van der Waals surface area contributed by atoms with Gasteiger partial charge in [-0.25, -0.2) is 4.68 Å². The number of hydrogen-bond acceptors (Lipinski definition) is 2. The van der Waals surface area contributed by atoms with Gasteiger partial charge in [-0.1, -0.05) is 13.8 Å². The fourth-order valence-corrected chi connectivity index (χ4v) is 2.36. The number of hydrogen-bond donors (Lipinski definition) is 1. The monoisotopic (exact) mass is 237 g/mol. The van der Waals surface area contributed by atoms with Gasteiger partial charge in [0.25, 0.3) is 5.56 Å². The van der Waals surface area contributed by atoms with E-state index >= 15 is 0 Å². The third-order valence-corrected chi connectivity index (χ3v) is 3.49. The van der Waals surface area contributed by atoms with Crippen molar-refractivity contribution in [1.29, 1.82) is 0 Å². The van der Waals surface area contributed by atoms with Crippen LogP contribution in [0.15, 0.2) is 4.79 Å². The molecule has 4 heteroatoms. The maximum Gasteiger partial charge on any atom is 0.290 e. The van der Waals surface area contributed by atoms with Crippen molar-refractivity contribution in [2.75, 3.05) is 5.73 Å². The van der Waals surface area contributed by atoms with Crippen LogP contribution in [0.3, 0.4) is 0 Å². The number of nitrogens with zero attached hydrogens (tertiary/aromatic N) is 2. The summed E-state index contributed by atoms with van der Waals surface area (Å²) in [5.41, 5.74) is 7.55. The Bertz CT molecular complexity index is 452. The second-order valence-corrected chi connectivity index (χ2v) is 5.40. The molecule has 0 aromatic carbocycles. The summed E-state index contributed by atoms with van der Waals surface area (Å²) in [5.74, 6) is 1.13. The first-order chi connectivity index (χ1) is 8.06. The molecule has 1 aromatic heterocycles. The first-order valence-electron chi connectivity index (χ1n) is 6.65. The third-order valence-electron chi connectivity index (χ3n) is 3.49. The largest absolute Gasteiger partial charge is 0.393 e. The van der Waals surface area contributed by atoms with E-state index in [4.69, 9.17) is 5.73 Å². The Morgan fingerprint density at radius 3 is 2.47 bits per heavy atom. The highest BCUT2D eigenvalue weighted by Gasteiger charge is 2.31. The van der Waals surface area contributed by atoms with Gasteiger partial charge in [0.05, 0.1) is 5.69 Å². The summed E-state index contributed by atoms with van der Waals surface area (Å²) in [6.45, 7) is 8.04. The molecule has 1 fully saturated rings. The number of nitrogen functional groups attached to an aromatic ring is 1. The molecule has 0 unspecified atom stereocenters. The number of anilines is 1. The van der Waals surface area contributed by atoms with Crippen molar-refractivity contribution >= 4 is 5.69 Å². The zero-order valence-electron chi connectivity index (χ0n) is 11.1. The zero-order valence-corrected chi connectivity index (χ0v) is 11.1. The van der Waals surface area contributed by atoms with E-state index in [9.17, 15) is 4.79 Å². The van der Waals surface area contributed by atoms with E-state index in [2.05, 4.69) is 25.5 Å². The highest BCUT2D eigenvalue weighted by molar-refractivity contribution is 5.45. The Morgan fingerprint density at radius 1 is 1.35 bits per heavy atom. The fraction of sp³-hybridized carbons (Fsp3) is 0.769. The van der Waals surface area contributed by atoms with Crippen LogP contribution in [-0.4, -0.2) is 9.36 Å². The fourth-order valence-electron chi connectivity index (χ4n) is 2.36. The molecule has 0 aliphatic heterocycles. The quantitative estimate of drug-likeness (QED) is 0.853. The van der Waals surface area contributed by atoms with Gasteiger partial charge in [-0.15, -0.1) is 0 Å². The van der Waals surface area contributed by atoms with Crippen molar-refractivity contribution < 1.29 is 0 Å². The SMILES string of the molecule is CCn1c(C2CC2)c(N)c(=O)n1CCC(C)C. The van der Waals surface area contributed by atoms with Crippen molar-refractivity contribution in [3.05, 3.63) is 16.0 Å². The Hall–Kier alpha value is -1.19. The van der Waals surface area contributed by atoms with E-state index in [1.54, 1.807) is 0 Å². The van der Waals surface area contributed by atoms with Crippen molar-refractivity contribution in [1.82, 2.24) is 9.36 Å². The predicted molar refractivity (Wildman–Crippen MR) is 70.2 cm³/mol. The molecule has 2 N–H and O–H groups in total. The Labute approximate surface area is 102 Å². The smallest absolute Gasteiger partial charge is 0.290 e. The van der Waals surface area contributed by atoms with E-state index in [0.717, 1.165) is 25.2 Å². The van der Waals surface area contributed by atoms with E-state index in [0.29, 0.717) is 17.5 Å². The lowest BCUT2D eigenvalue weighted by atomic mass is 10.1. The van der Waals surface area contributed by atoms with Gasteiger partial charge in [-0.2, -0.15) is 0 Å². The Kier molecular flexibility index (Phi) is 3.31. The summed E-state index contributed by atoms with van der Waals surface area (Å²) < 4.78 is 3.93. The molecule has 1 aliphatic carbocycles. The summed E-state index contributed by atoms with van der Waals surface area (Å²) in [5, 5.41) is 0. The second kappa shape index (κ2) is 4.59. The lowest BCUT2D eigenvalue weighted by Crippen LogP contribution is -2.24. The Balaban J connectivity index is 2.36. The zero-order chi connectivity index (χ0) is 12.6. The van der Waals surface area contributed by atoms with Crippen LogP contribution in [0.5, 0.6) is 0 Å². The van der Waals surface area contributed by atoms with E-state index < -0.39 is 0 Å². The maximum absolute atomic E-state index is 12.1. The van der Waals surface area contributed by atoms with Crippen LogP contribution in [0, 0.1) is 5.92 Å². The summed E-state index contributed by atoms with van der Waals surface area (Å²) in [6, 6.07) is 0. The van der Waals surface area contributed by atoms with Gasteiger partial charge in [0.1, 0.15) is 5.69 Å². The topological polar surface area (TPSA) is 52.9 Å². The number of aromatic nitrogens is 2. The molecule has 2 rings (SSSR count). The van der Waals surface area contributed by atoms with Crippen LogP contribution in [0.25, 0.3) is 0 Å². The molecule has 0 bridgehead atoms. The predicted octanol–water partition coefficient (Wildman–Crippen LogP) is 2.18. The van der Waals surface area contributed by atoms with Crippen molar-refractivity contribution in [3.63, 3.8) is 0 Å². The molecule has 0 saturated heterocycles. The average molecular weight is 237 g/mol. The number of rotatable bonds is 5. The lowest BCUT2D eigenvalue weighted by molar-refractivity contribution is 0.402. The van der Waals surface area contributed by atoms with Crippen LogP contribution in [-0.2, 0) is 13.1 Å². The molecule has 0 atom stereocenters. The third kappa shape index (κ3) is 2.26. The molecule has 0 spiro atoms. The first-order valence-corrected chi connectivity index (χ1v) is 6.65. The van der Waals surface area contributed by atoms with Crippen LogP contribution >= 0.6 is 0 Å². The number of nitrogens with two attached hydrogens (primary N) is 1. The van der Waals surface area contributed by atoms with Crippen LogP contribution < -0.4 is 11.3 Å². The lowest BCUT2D eigenvalue weighted by Gasteiger charge is -2.13. The van der Waals surface area contributed by atoms with Gasteiger partial charge in [0.15, 0.2) is 0 Å². The summed E-state index contributed by atoms with van der Waals surface area (Å²) >= 11 is 0. The van der Waals surface area contributed by atoms with E-state index in [1.165, 1.54) is 12.8 Å². The molecule has 4 nitrogen and oxygen atoms in total. The molecule has 1 heterocycles. The van der Waals surface area contributed by atoms with Gasteiger partial charge in [0.2, 0.25) is 0 Å². The van der Waals surface area contributed by atoms with Crippen LogP contribution in [0.2, 0.25) is 0 Å². The van der Waals surface area contributed by atoms with Crippen molar-refractivity contribution in [3.8, 4) is 0 Å². The van der Waals surface area contributed by atoms with Gasteiger partial charge in [0, 0.05) is 19.0 Å². The minimum absolute atomic E-state index is 0.00870. The molecule has 1 saturated carbocycles. The van der Waals surface area contributed by atoms with Gasteiger partial charge in [-0.05, 0) is 32.1 Å². The van der Waals surface area contributed by atoms with E-state index in [1.807, 2.05) is 4.68 Å². The molecular weight excluding hydrogens is 214 g/mol. The van der Waals surface area contributed by atoms with Gasteiger partial charge in [-0.3, -0.25) is 9.48 Å². The molecule has 0 radical (unpaired) electrons. The molecule has 1 aliphatic rings. The first kappa shape index (κ1) is 12.3. The Morgan fingerprint density at radius 2 is 2.00 bits per heavy atom. The van der Waals surface area contributed by atoms with Crippen molar-refractivity contribution in [2.45, 2.75) is 59.0 Å². The van der Waals surface area contributed by atoms with Crippen LogP contribution in [0.4, 0.5) is 5.69 Å². The summed E-state index contributed by atoms with van der Waals surface area (Å²) in [6.07, 6.45) is 3.38. The molecule has 17 heavy (non-hydrogen) atoms. The van der Waals surface area contributed by atoms with Gasteiger partial charge < -0.3 is 5.73 Å². The molecule has 1 aromatic rings. The van der Waals surface area contributed by atoms with E-state index in [-0.39, 0.29) is 5.56 Å². The summed E-state index contributed by atoms with van der Waals surface area (Å²) in [7, 11) is 0. The second-order valence-electron chi connectivity index (χ2n) is 5.40. The molecule has 96 valence electrons. The van der Waals surface area contributed by atoms with Crippen molar-refractivity contribution in [2.24, 2.45) is 5.92 Å². The maximum atomic E-state index is 12.1. The molecule has 0 amide bonds. The summed E-state index contributed by atoms with van der Waals surface area (Å²) in [4.78, 5) is 12.1. The standard InChI is InChI=1S/C13H23N3O/c1-4-15-12(10-5-6-10)11(14)13(17)16(15)8-7-9(2)3/h9-10H,4-8,14H2,1-3H3. The highest BCUT2D eigenvalue weighted by atomic mass is 16.1.